The molecule has 0 unspecified atom stereocenters. The molecule has 0 fully saturated rings. The molecule has 0 saturated heterocycles. The van der Waals surface area contributed by atoms with Crippen LogP contribution in [0.4, 0.5) is 0 Å². The number of hydrogen-bond donors (Lipinski definition) is 0. The third-order valence-electron chi connectivity index (χ3n) is 15.4. The Kier molecular flexibility index (Phi) is 19.1. The molecule has 0 amide bonds. The second-order valence-electron chi connectivity index (χ2n) is 21.8. The predicted octanol–water partition coefficient (Wildman–Crippen LogP) is 10.7. The van der Waals surface area contributed by atoms with Crippen molar-refractivity contribution in [1.29, 1.82) is 0 Å². The van der Waals surface area contributed by atoms with Crippen LogP contribution in [0.3, 0.4) is 0 Å². The molecule has 464 valence electrons. The molecular weight excluding hydrogens is 1280 g/mol. The van der Waals surface area contributed by atoms with Gasteiger partial charge in [-0.15, -0.1) is 0 Å². The molecular formula is C60H66N8NiO12S6. The van der Waals surface area contributed by atoms with Crippen molar-refractivity contribution in [3.8, 4) is 45.6 Å². The molecule has 0 N–H and O–H groups in total. The minimum absolute atomic E-state index is 0. The van der Waals surface area contributed by atoms with Crippen molar-refractivity contribution < 1.29 is 67.0 Å². The Bertz CT molecular complexity index is 4670. The molecule has 0 atom stereocenters. The maximum atomic E-state index is 14.5. The number of sulfone groups is 6. The number of aromatic nitrogens is 8. The summed E-state index contributed by atoms with van der Waals surface area (Å²) in [6.45, 7) is 10.8. The molecule has 2 aliphatic heterocycles. The van der Waals surface area contributed by atoms with Gasteiger partial charge < -0.3 is 29.9 Å². The van der Waals surface area contributed by atoms with Crippen LogP contribution < -0.4 is 9.97 Å². The second kappa shape index (κ2) is 25.4. The molecule has 20 nitrogen and oxygen atoms in total. The predicted molar refractivity (Wildman–Crippen MR) is 333 cm³/mol. The third-order valence-corrected chi connectivity index (χ3v) is 26.8. The van der Waals surface area contributed by atoms with Crippen LogP contribution in [0.5, 0.6) is 0 Å². The van der Waals surface area contributed by atoms with Crippen LogP contribution in [-0.4, -0.2) is 115 Å². The zero-order chi connectivity index (χ0) is 61.7. The van der Waals surface area contributed by atoms with E-state index in [1.54, 1.807) is 27.7 Å². The van der Waals surface area contributed by atoms with E-state index in [-0.39, 0.29) is 157 Å². The number of nitrogens with zero attached hydrogens (tertiary/aromatic N) is 8. The summed E-state index contributed by atoms with van der Waals surface area (Å²) in [5, 5.41) is 1.67. The van der Waals surface area contributed by atoms with E-state index in [4.69, 9.17) is 39.9 Å². The van der Waals surface area contributed by atoms with Gasteiger partial charge in [0.25, 0.3) is 0 Å². The van der Waals surface area contributed by atoms with Crippen LogP contribution in [0.15, 0.2) is 102 Å². The van der Waals surface area contributed by atoms with Gasteiger partial charge in [-0.05, 0) is 119 Å². The smallest absolute Gasteiger partial charge is 0.357 e. The molecule has 0 aliphatic carbocycles. The fourth-order valence-electron chi connectivity index (χ4n) is 10.5. The molecule has 5 heterocycles. The Morgan fingerprint density at radius 1 is 0.299 bits per heavy atom. The summed E-state index contributed by atoms with van der Waals surface area (Å²) in [7, 11) is -26.1. The van der Waals surface area contributed by atoms with Crippen molar-refractivity contribution in [2.24, 2.45) is 0 Å². The van der Waals surface area contributed by atoms with Gasteiger partial charge in [-0.3, -0.25) is 0 Å². The average molecular weight is 1340 g/mol. The van der Waals surface area contributed by atoms with E-state index in [2.05, 4.69) is 0 Å². The van der Waals surface area contributed by atoms with E-state index in [0.29, 0.717) is 49.7 Å². The summed E-state index contributed by atoms with van der Waals surface area (Å²) in [6.07, 6.45) is 4.08. The molecule has 5 aromatic carbocycles. The van der Waals surface area contributed by atoms with E-state index in [0.717, 1.165) is 10.8 Å². The normalized spacial score (nSPS) is 13.1. The summed E-state index contributed by atoms with van der Waals surface area (Å²) >= 11 is 0. The molecule has 0 saturated carbocycles. The molecule has 87 heavy (non-hydrogen) atoms. The fourth-order valence-corrected chi connectivity index (χ4v) is 22.1. The molecule has 0 spiro atoms. The summed E-state index contributed by atoms with van der Waals surface area (Å²) < 4.78 is 174. The molecule has 27 heteroatoms. The van der Waals surface area contributed by atoms with Crippen LogP contribution >= 0.6 is 0 Å². The topological polar surface area (TPSA) is 310 Å². The zero-order valence-corrected chi connectivity index (χ0v) is 54.8. The standard InChI is InChI=1S/C60H66N8O12S6.Ni/c1-7-13-23-81(69,70)47-31-41-43(33-49(47)83(73,74)25-15-9-3)57-64-55(41)62-53-39-29-37-21-19-20-22-38(37)30-40(39)54(61-53)63-56-42-32-48(82(71,72)24-14-8-2)50(84(75,76)26-16-10-4)34-44(42)58(65-56)67-60-46-36-52(86(79,80)28-18-12-6)51(85(77,78)27-17-11-5)35-45(46)59(66-57)68-60;/h19-22,29-36H,7-18,23-28H2,1-6H3;/q-2;+2. The molecule has 10 rings (SSSR count). The Labute approximate surface area is 517 Å². The van der Waals surface area contributed by atoms with Gasteiger partial charge >= 0.3 is 16.5 Å². The number of unbranched alkanes of at least 4 members (excludes halogenated alkanes) is 6. The van der Waals surface area contributed by atoms with E-state index in [1.807, 2.05) is 50.2 Å². The first-order chi connectivity index (χ1) is 40.8. The van der Waals surface area contributed by atoms with Gasteiger partial charge in [0.1, 0.15) is 0 Å². The summed E-state index contributed by atoms with van der Waals surface area (Å²) in [5.74, 6) is -2.90. The number of benzene rings is 5. The number of rotatable bonds is 24. The van der Waals surface area contributed by atoms with E-state index >= 15 is 0 Å². The second-order valence-corrected chi connectivity index (χ2v) is 34.3. The van der Waals surface area contributed by atoms with Crippen molar-refractivity contribution in [2.75, 3.05) is 34.5 Å². The first-order valence-corrected chi connectivity index (χ1v) is 38.9. The van der Waals surface area contributed by atoms with Gasteiger partial charge in [0, 0.05) is 44.8 Å². The van der Waals surface area contributed by atoms with Crippen LogP contribution in [0, 0.1) is 0 Å². The first-order valence-electron chi connectivity index (χ1n) is 29.0. The van der Waals surface area contributed by atoms with Gasteiger partial charge in [-0.2, -0.15) is 0 Å². The molecule has 2 aliphatic rings. The molecule has 3 aromatic heterocycles. The minimum Gasteiger partial charge on any atom is -0.357 e. The summed E-state index contributed by atoms with van der Waals surface area (Å²) in [5.41, 5.74) is -0.0122. The van der Waals surface area contributed by atoms with Gasteiger partial charge in [0.15, 0.2) is 59.0 Å². The van der Waals surface area contributed by atoms with Gasteiger partial charge in [-0.25, -0.2) is 60.5 Å². The van der Waals surface area contributed by atoms with Crippen LogP contribution in [0.1, 0.15) is 119 Å². The van der Waals surface area contributed by atoms with Crippen molar-refractivity contribution in [3.63, 3.8) is 0 Å². The molecule has 0 radical (unpaired) electrons. The van der Waals surface area contributed by atoms with Gasteiger partial charge in [-0.1, -0.05) is 104 Å². The number of fused-ring (bicyclic) bond motifs is 21. The minimum atomic E-state index is -4.38. The summed E-state index contributed by atoms with van der Waals surface area (Å²) in [6, 6.07) is 18.3. The Balaban J connectivity index is 0.00000902. The molecule has 8 bridgehead atoms. The number of hydrogen-bond acceptors (Lipinski definition) is 18. The quantitative estimate of drug-likeness (QED) is 0.0507. The average Bonchev–Trinajstić information content (AvgIpc) is 2.06. The van der Waals surface area contributed by atoms with Gasteiger partial charge in [0.2, 0.25) is 0 Å². The zero-order valence-electron chi connectivity index (χ0n) is 48.9. The first kappa shape index (κ1) is 65.4. The monoisotopic (exact) mass is 1340 g/mol. The third kappa shape index (κ3) is 12.8. The van der Waals surface area contributed by atoms with Gasteiger partial charge in [0.05, 0.1) is 87.2 Å². The molecule has 8 aromatic rings. The maximum Gasteiger partial charge on any atom is 2.00 e. The maximum absolute atomic E-state index is 14.5. The van der Waals surface area contributed by atoms with Crippen LogP contribution in [0.2, 0.25) is 0 Å². The van der Waals surface area contributed by atoms with Crippen LogP contribution in [0.25, 0.3) is 100 Å². The Hall–Kier alpha value is -6.09. The Morgan fingerprint density at radius 2 is 0.506 bits per heavy atom. The van der Waals surface area contributed by atoms with E-state index < -0.39 is 99.9 Å². The fraction of sp³-hybridized carbons (Fsp3) is 0.400. The SMILES string of the molecule is CCCCS(=O)(=O)c1cc2c(cc1S(=O)(=O)CCCC)-c1nc-2nc2[n-]c(nc3nc(nc4[n-]c(n1)c1cc(S(=O)(=O)CCCC)c(S(=O)(=O)CCCC)cc41)-c1cc4ccccc4cc1-3)c1cc(S(=O)(=O)CCCC)c(S(=O)(=O)CCCC)cc21.[Ni+2]. The van der Waals surface area contributed by atoms with E-state index in [9.17, 15) is 50.5 Å². The van der Waals surface area contributed by atoms with Crippen molar-refractivity contribution in [2.45, 2.75) is 148 Å². The largest absolute Gasteiger partial charge is 2.00 e. The summed E-state index contributed by atoms with van der Waals surface area (Å²) in [4.78, 5) is 36.6. The van der Waals surface area contributed by atoms with E-state index in [1.165, 1.54) is 36.4 Å². The van der Waals surface area contributed by atoms with Crippen LogP contribution in [-0.2, 0) is 75.5 Å². The Morgan fingerprint density at radius 3 is 0.724 bits per heavy atom. The van der Waals surface area contributed by atoms with Crippen molar-refractivity contribution in [3.05, 3.63) is 72.8 Å². The van der Waals surface area contributed by atoms with Crippen molar-refractivity contribution >= 4 is 114 Å². The van der Waals surface area contributed by atoms with Crippen molar-refractivity contribution in [1.82, 2.24) is 39.9 Å².